The monoisotopic (exact) mass is 405 g/mol. The van der Waals surface area contributed by atoms with E-state index >= 15 is 0 Å². The fourth-order valence-electron chi connectivity index (χ4n) is 2.53. The molecule has 146 valence electrons. The lowest BCUT2D eigenvalue weighted by molar-refractivity contribution is -0.131. The summed E-state index contributed by atoms with van der Waals surface area (Å²) < 4.78 is 30.7. The number of amides is 1. The molecule has 0 aliphatic carbocycles. The van der Waals surface area contributed by atoms with Crippen LogP contribution in [0.5, 0.6) is 0 Å². The number of carbonyl (C=O) groups excluding carboxylic acids is 2. The number of piperazine rings is 1. The molecule has 1 aromatic carbocycles. The van der Waals surface area contributed by atoms with Crippen LogP contribution in [0.15, 0.2) is 24.3 Å². The van der Waals surface area contributed by atoms with E-state index in [1.165, 1.54) is 20.2 Å². The van der Waals surface area contributed by atoms with Crippen molar-refractivity contribution in [2.75, 3.05) is 46.9 Å². The molecule has 1 aromatic rings. The summed E-state index contributed by atoms with van der Waals surface area (Å²) in [6.07, 6.45) is 0. The number of esters is 1. The van der Waals surface area contributed by atoms with E-state index in [2.05, 4.69) is 10.1 Å². The second-order valence-electron chi connectivity index (χ2n) is 5.84. The predicted molar refractivity (Wildman–Crippen MR) is 99.7 cm³/mol. The van der Waals surface area contributed by atoms with E-state index in [9.17, 15) is 18.0 Å². The summed E-state index contributed by atoms with van der Waals surface area (Å²) in [6.45, 7) is 2.38. The van der Waals surface area contributed by atoms with Crippen molar-refractivity contribution in [3.8, 4) is 0 Å². The van der Waals surface area contributed by atoms with Crippen LogP contribution in [0.2, 0.25) is 0 Å². The Morgan fingerprint density at radius 2 is 1.92 bits per heavy atom. The van der Waals surface area contributed by atoms with E-state index in [1.54, 1.807) is 23.1 Å². The summed E-state index contributed by atoms with van der Waals surface area (Å²) in [6, 6.07) is 6.26. The van der Waals surface area contributed by atoms with Crippen molar-refractivity contribution in [3.63, 3.8) is 0 Å². The van der Waals surface area contributed by atoms with E-state index in [4.69, 9.17) is 0 Å². The fraction of sp³-hybridized carbons (Fsp3) is 0.500. The number of likely N-dealkylation sites (N-methyl/N-ethyl adjacent to an activating group) is 1. The first-order chi connectivity index (χ1) is 11.8. The van der Waals surface area contributed by atoms with E-state index < -0.39 is 16.0 Å². The van der Waals surface area contributed by atoms with Crippen molar-refractivity contribution in [2.45, 2.75) is 5.75 Å². The Hall–Kier alpha value is -1.68. The fourth-order valence-corrected chi connectivity index (χ4v) is 3.66. The van der Waals surface area contributed by atoms with Crippen LogP contribution >= 0.6 is 12.4 Å². The molecule has 0 saturated carbocycles. The highest BCUT2D eigenvalue weighted by molar-refractivity contribution is 7.88. The number of hydrogen-bond acceptors (Lipinski definition) is 6. The zero-order chi connectivity index (χ0) is 18.4. The molecule has 10 heteroatoms. The molecule has 1 amide bonds. The number of methoxy groups -OCH3 is 1. The second-order valence-corrected chi connectivity index (χ2v) is 7.91. The summed E-state index contributed by atoms with van der Waals surface area (Å²) in [5.41, 5.74) is 0.749. The van der Waals surface area contributed by atoms with Gasteiger partial charge in [0.25, 0.3) is 0 Å². The number of rotatable bonds is 6. The van der Waals surface area contributed by atoms with Gasteiger partial charge in [-0.3, -0.25) is 4.79 Å². The number of nitrogens with one attached hydrogen (secondary N) is 1. The molecule has 1 aliphatic heterocycles. The van der Waals surface area contributed by atoms with Crippen LogP contribution in [-0.2, 0) is 25.3 Å². The third-order valence-corrected chi connectivity index (χ3v) is 5.78. The largest absolute Gasteiger partial charge is 0.465 e. The van der Waals surface area contributed by atoms with Gasteiger partial charge in [0, 0.05) is 33.2 Å². The first-order valence-electron chi connectivity index (χ1n) is 7.93. The summed E-state index contributed by atoms with van der Waals surface area (Å²) in [4.78, 5) is 25.4. The molecule has 0 aromatic heterocycles. The second kappa shape index (κ2) is 9.86. The third kappa shape index (κ3) is 5.94. The molecule has 1 N–H and O–H groups in total. The van der Waals surface area contributed by atoms with Crippen LogP contribution in [0, 0.1) is 0 Å². The van der Waals surface area contributed by atoms with Gasteiger partial charge >= 0.3 is 5.97 Å². The van der Waals surface area contributed by atoms with Gasteiger partial charge in [0.2, 0.25) is 15.9 Å². The molecule has 1 aliphatic rings. The average molecular weight is 406 g/mol. The van der Waals surface area contributed by atoms with Crippen LogP contribution in [0.3, 0.4) is 0 Å². The van der Waals surface area contributed by atoms with Gasteiger partial charge in [-0.15, -0.1) is 12.4 Å². The molecule has 0 unspecified atom stereocenters. The van der Waals surface area contributed by atoms with E-state index in [1.807, 2.05) is 0 Å². The molecular formula is C16H24ClN3O5S. The maximum atomic E-state index is 12.5. The molecule has 8 nitrogen and oxygen atoms in total. The molecule has 1 fully saturated rings. The Bertz CT molecular complexity index is 735. The predicted octanol–water partition coefficient (Wildman–Crippen LogP) is 0.0884. The van der Waals surface area contributed by atoms with Gasteiger partial charge in [0.05, 0.1) is 25.0 Å². The van der Waals surface area contributed by atoms with Crippen molar-refractivity contribution in [1.29, 1.82) is 0 Å². The molecule has 0 radical (unpaired) electrons. The molecule has 0 atom stereocenters. The molecule has 2 rings (SSSR count). The van der Waals surface area contributed by atoms with E-state index in [0.29, 0.717) is 31.7 Å². The van der Waals surface area contributed by atoms with Crippen LogP contribution in [-0.4, -0.2) is 76.4 Å². The highest BCUT2D eigenvalue weighted by Gasteiger charge is 2.24. The van der Waals surface area contributed by atoms with Gasteiger partial charge in [-0.1, -0.05) is 12.1 Å². The van der Waals surface area contributed by atoms with Crippen molar-refractivity contribution in [2.24, 2.45) is 0 Å². The zero-order valence-corrected chi connectivity index (χ0v) is 16.4. The Balaban J connectivity index is 0.00000338. The number of hydrogen-bond donors (Lipinski definition) is 1. The van der Waals surface area contributed by atoms with Crippen LogP contribution in [0.4, 0.5) is 0 Å². The highest BCUT2D eigenvalue weighted by atomic mass is 35.5. The minimum absolute atomic E-state index is 0. The third-order valence-electron chi connectivity index (χ3n) is 4.00. The first-order valence-corrected chi connectivity index (χ1v) is 9.54. The molecular weight excluding hydrogens is 382 g/mol. The number of halogens is 1. The van der Waals surface area contributed by atoms with Crippen molar-refractivity contribution >= 4 is 34.3 Å². The number of sulfonamides is 1. The number of nitrogens with zero attached hydrogens (tertiary/aromatic N) is 2. The van der Waals surface area contributed by atoms with Gasteiger partial charge in [-0.2, -0.15) is 4.31 Å². The lowest BCUT2D eigenvalue weighted by Crippen LogP contribution is -2.49. The highest BCUT2D eigenvalue weighted by Crippen LogP contribution is 2.13. The molecule has 0 spiro atoms. The maximum Gasteiger partial charge on any atom is 0.337 e. The SMILES string of the molecule is COC(=O)c1cccc(CS(=O)(=O)N(C)CC(=O)N2CCNCC2)c1.Cl. The van der Waals surface area contributed by atoms with Gasteiger partial charge < -0.3 is 15.0 Å². The van der Waals surface area contributed by atoms with E-state index in [0.717, 1.165) is 4.31 Å². The average Bonchev–Trinajstić information content (AvgIpc) is 2.61. The van der Waals surface area contributed by atoms with Gasteiger partial charge in [-0.25, -0.2) is 13.2 Å². The minimum atomic E-state index is -3.68. The van der Waals surface area contributed by atoms with Crippen LogP contribution in [0.25, 0.3) is 0 Å². The number of benzene rings is 1. The van der Waals surface area contributed by atoms with Crippen molar-refractivity contribution < 1.29 is 22.7 Å². The van der Waals surface area contributed by atoms with Crippen LogP contribution < -0.4 is 5.32 Å². The smallest absolute Gasteiger partial charge is 0.337 e. The zero-order valence-electron chi connectivity index (χ0n) is 14.8. The maximum absolute atomic E-state index is 12.5. The summed E-state index contributed by atoms with van der Waals surface area (Å²) in [5, 5.41) is 3.14. The normalized spacial score (nSPS) is 14.7. The molecule has 26 heavy (non-hydrogen) atoms. The van der Waals surface area contributed by atoms with Gasteiger partial charge in [0.1, 0.15) is 0 Å². The summed E-state index contributed by atoms with van der Waals surface area (Å²) in [7, 11) is -1.02. The lowest BCUT2D eigenvalue weighted by Gasteiger charge is -2.29. The molecule has 0 bridgehead atoms. The Labute approximate surface area is 159 Å². The topological polar surface area (TPSA) is 96.0 Å². The number of carbonyl (C=O) groups is 2. The van der Waals surface area contributed by atoms with E-state index in [-0.39, 0.29) is 36.2 Å². The summed E-state index contributed by atoms with van der Waals surface area (Å²) >= 11 is 0. The Kier molecular flexibility index (Phi) is 8.48. The van der Waals surface area contributed by atoms with Crippen LogP contribution in [0.1, 0.15) is 15.9 Å². The standard InChI is InChI=1S/C16H23N3O5S.ClH/c1-18(11-15(20)19-8-6-17-7-9-19)25(22,23)12-13-4-3-5-14(10-13)16(21)24-2;/h3-5,10,17H,6-9,11-12H2,1-2H3;1H. The quantitative estimate of drug-likeness (QED) is 0.674. The first kappa shape index (κ1) is 22.4. The van der Waals surface area contributed by atoms with Crippen molar-refractivity contribution in [3.05, 3.63) is 35.4 Å². The Morgan fingerprint density at radius 3 is 2.54 bits per heavy atom. The lowest BCUT2D eigenvalue weighted by atomic mass is 10.1. The Morgan fingerprint density at radius 1 is 1.27 bits per heavy atom. The van der Waals surface area contributed by atoms with Gasteiger partial charge in [0.15, 0.2) is 0 Å². The van der Waals surface area contributed by atoms with Crippen molar-refractivity contribution in [1.82, 2.24) is 14.5 Å². The number of ether oxygens (including phenoxy) is 1. The summed E-state index contributed by atoms with van der Waals surface area (Å²) in [5.74, 6) is -1.03. The minimum Gasteiger partial charge on any atom is -0.465 e. The van der Waals surface area contributed by atoms with Gasteiger partial charge in [-0.05, 0) is 17.7 Å². The molecule has 1 heterocycles. The molecule has 1 saturated heterocycles.